The van der Waals surface area contributed by atoms with Crippen molar-refractivity contribution in [3.05, 3.63) is 40.6 Å². The Hall–Kier alpha value is -1.85. The van der Waals surface area contributed by atoms with Gasteiger partial charge in [0, 0.05) is 18.2 Å². The van der Waals surface area contributed by atoms with Crippen LogP contribution in [-0.4, -0.2) is 23.7 Å². The van der Waals surface area contributed by atoms with Crippen molar-refractivity contribution in [1.82, 2.24) is 10.5 Å². The lowest BCUT2D eigenvalue weighted by molar-refractivity contribution is 0.0949. The fourth-order valence-corrected chi connectivity index (χ4v) is 2.69. The van der Waals surface area contributed by atoms with E-state index < -0.39 is 0 Å². The summed E-state index contributed by atoms with van der Waals surface area (Å²) < 4.78 is 5.19. The van der Waals surface area contributed by atoms with Crippen molar-refractivity contribution >= 4 is 17.5 Å². The number of amides is 1. The molecule has 1 aromatic heterocycles. The first kappa shape index (κ1) is 15.1. The van der Waals surface area contributed by atoms with Crippen molar-refractivity contribution in [2.45, 2.75) is 25.8 Å². The molecular formula is C16H18ClN3O2. The zero-order valence-corrected chi connectivity index (χ0v) is 13.1. The summed E-state index contributed by atoms with van der Waals surface area (Å²) >= 11 is 6.19. The van der Waals surface area contributed by atoms with Crippen LogP contribution in [0.3, 0.4) is 0 Å². The smallest absolute Gasteiger partial charge is 0.257 e. The Morgan fingerprint density at radius 1 is 1.50 bits per heavy atom. The molecule has 1 fully saturated rings. The van der Waals surface area contributed by atoms with E-state index in [-0.39, 0.29) is 11.9 Å². The van der Waals surface area contributed by atoms with Crippen molar-refractivity contribution in [3.8, 4) is 11.3 Å². The highest BCUT2D eigenvalue weighted by atomic mass is 35.5. The van der Waals surface area contributed by atoms with E-state index in [2.05, 4.69) is 10.5 Å². The number of nitrogens with two attached hydrogens (primary N) is 1. The van der Waals surface area contributed by atoms with E-state index >= 15 is 0 Å². The van der Waals surface area contributed by atoms with E-state index in [4.69, 9.17) is 21.9 Å². The highest BCUT2D eigenvalue weighted by Crippen LogP contribution is 2.32. The Kier molecular flexibility index (Phi) is 4.18. The lowest BCUT2D eigenvalue weighted by atomic mass is 10.1. The van der Waals surface area contributed by atoms with Crippen LogP contribution in [0.15, 0.2) is 28.8 Å². The van der Waals surface area contributed by atoms with Crippen LogP contribution in [0, 0.1) is 12.8 Å². The molecule has 1 aromatic carbocycles. The van der Waals surface area contributed by atoms with Crippen molar-refractivity contribution in [1.29, 1.82) is 0 Å². The van der Waals surface area contributed by atoms with Crippen LogP contribution in [0.2, 0.25) is 5.02 Å². The fraction of sp³-hybridized carbons (Fsp3) is 0.375. The van der Waals surface area contributed by atoms with Crippen LogP contribution < -0.4 is 11.1 Å². The van der Waals surface area contributed by atoms with Crippen LogP contribution in [0.25, 0.3) is 11.3 Å². The maximum Gasteiger partial charge on any atom is 0.257 e. The normalized spacial score (nSPS) is 15.6. The van der Waals surface area contributed by atoms with Gasteiger partial charge in [0.1, 0.15) is 17.0 Å². The second-order valence-electron chi connectivity index (χ2n) is 5.65. The summed E-state index contributed by atoms with van der Waals surface area (Å²) in [4.78, 5) is 12.5. The number of benzene rings is 1. The summed E-state index contributed by atoms with van der Waals surface area (Å²) in [5, 5.41) is 7.39. The van der Waals surface area contributed by atoms with Crippen molar-refractivity contribution < 1.29 is 9.32 Å². The average Bonchev–Trinajstić information content (AvgIpc) is 3.28. The molecule has 116 valence electrons. The maximum absolute atomic E-state index is 12.5. The molecule has 1 heterocycles. The zero-order valence-electron chi connectivity index (χ0n) is 12.3. The van der Waals surface area contributed by atoms with Crippen LogP contribution in [0.1, 0.15) is 29.0 Å². The van der Waals surface area contributed by atoms with Gasteiger partial charge in [0.05, 0.1) is 5.02 Å². The molecule has 3 rings (SSSR count). The minimum atomic E-state index is -0.232. The van der Waals surface area contributed by atoms with Gasteiger partial charge in [0.25, 0.3) is 5.91 Å². The van der Waals surface area contributed by atoms with Crippen molar-refractivity contribution in [2.75, 3.05) is 6.54 Å². The van der Waals surface area contributed by atoms with Gasteiger partial charge in [-0.1, -0.05) is 35.0 Å². The average molecular weight is 320 g/mol. The monoisotopic (exact) mass is 319 g/mol. The van der Waals surface area contributed by atoms with E-state index in [1.54, 1.807) is 13.0 Å². The molecule has 1 aliphatic rings. The third kappa shape index (κ3) is 3.00. The van der Waals surface area contributed by atoms with Gasteiger partial charge in [0.15, 0.2) is 0 Å². The first-order valence-corrected chi connectivity index (χ1v) is 7.70. The number of hydrogen-bond donors (Lipinski definition) is 2. The molecule has 1 saturated carbocycles. The third-order valence-electron chi connectivity index (χ3n) is 3.94. The van der Waals surface area contributed by atoms with E-state index in [0.29, 0.717) is 40.1 Å². The molecular weight excluding hydrogens is 302 g/mol. The number of carbonyl (C=O) groups excluding carboxylic acids is 1. The molecule has 2 aromatic rings. The summed E-state index contributed by atoms with van der Waals surface area (Å²) in [6, 6.07) is 7.24. The molecule has 22 heavy (non-hydrogen) atoms. The number of aromatic nitrogens is 1. The predicted octanol–water partition coefficient (Wildman–Crippen LogP) is 2.77. The molecule has 1 amide bonds. The number of halogens is 1. The number of nitrogens with one attached hydrogen (secondary N) is 1. The number of hydrogen-bond acceptors (Lipinski definition) is 4. The Balaban J connectivity index is 1.82. The summed E-state index contributed by atoms with van der Waals surface area (Å²) in [7, 11) is 0. The van der Waals surface area contributed by atoms with E-state index in [0.717, 1.165) is 12.8 Å². The second-order valence-corrected chi connectivity index (χ2v) is 6.06. The van der Waals surface area contributed by atoms with Gasteiger partial charge in [0.2, 0.25) is 0 Å². The first-order valence-electron chi connectivity index (χ1n) is 7.33. The summed E-state index contributed by atoms with van der Waals surface area (Å²) in [6.07, 6.45) is 2.29. The van der Waals surface area contributed by atoms with Gasteiger partial charge in [-0.05, 0) is 31.7 Å². The molecule has 6 heteroatoms. The number of carbonyl (C=O) groups is 1. The van der Waals surface area contributed by atoms with Gasteiger partial charge in [-0.15, -0.1) is 0 Å². The molecule has 1 atom stereocenters. The van der Waals surface area contributed by atoms with Gasteiger partial charge in [-0.3, -0.25) is 4.79 Å². The predicted molar refractivity (Wildman–Crippen MR) is 84.7 cm³/mol. The molecule has 0 spiro atoms. The molecule has 0 bridgehead atoms. The Labute approximate surface area is 133 Å². The lowest BCUT2D eigenvalue weighted by Crippen LogP contribution is -2.38. The van der Waals surface area contributed by atoms with Crippen LogP contribution in [0.4, 0.5) is 0 Å². The third-order valence-corrected chi connectivity index (χ3v) is 4.27. The molecule has 5 nitrogen and oxygen atoms in total. The highest BCUT2D eigenvalue weighted by Gasteiger charge is 2.29. The summed E-state index contributed by atoms with van der Waals surface area (Å²) in [6.45, 7) is 2.17. The van der Waals surface area contributed by atoms with E-state index in [1.165, 1.54) is 0 Å². The summed E-state index contributed by atoms with van der Waals surface area (Å²) in [5.41, 5.74) is 7.57. The first-order chi connectivity index (χ1) is 10.6. The Morgan fingerprint density at radius 3 is 2.91 bits per heavy atom. The Morgan fingerprint density at radius 2 is 2.23 bits per heavy atom. The minimum Gasteiger partial charge on any atom is -0.360 e. The molecule has 1 unspecified atom stereocenters. The quantitative estimate of drug-likeness (QED) is 0.888. The van der Waals surface area contributed by atoms with Gasteiger partial charge < -0.3 is 15.6 Å². The number of aryl methyl sites for hydroxylation is 1. The topological polar surface area (TPSA) is 81.2 Å². The van der Waals surface area contributed by atoms with Crippen LogP contribution >= 0.6 is 11.6 Å². The molecule has 1 aliphatic carbocycles. The lowest BCUT2D eigenvalue weighted by Gasteiger charge is -2.11. The largest absolute Gasteiger partial charge is 0.360 e. The molecule has 0 saturated heterocycles. The minimum absolute atomic E-state index is 0.00730. The fourth-order valence-electron chi connectivity index (χ4n) is 2.47. The summed E-state index contributed by atoms with van der Waals surface area (Å²) in [5.74, 6) is 0.768. The van der Waals surface area contributed by atoms with Crippen molar-refractivity contribution in [3.63, 3.8) is 0 Å². The van der Waals surface area contributed by atoms with E-state index in [1.807, 2.05) is 18.2 Å². The van der Waals surface area contributed by atoms with Gasteiger partial charge in [-0.2, -0.15) is 0 Å². The van der Waals surface area contributed by atoms with Gasteiger partial charge in [-0.25, -0.2) is 0 Å². The SMILES string of the molecule is Cc1onc(-c2ccccc2Cl)c1C(=O)NCC(N)C1CC1. The molecule has 0 aliphatic heterocycles. The molecule has 3 N–H and O–H groups in total. The zero-order chi connectivity index (χ0) is 15.7. The highest BCUT2D eigenvalue weighted by molar-refractivity contribution is 6.33. The van der Waals surface area contributed by atoms with E-state index in [9.17, 15) is 4.79 Å². The maximum atomic E-state index is 12.5. The van der Waals surface area contributed by atoms with Crippen LogP contribution in [0.5, 0.6) is 0 Å². The molecule has 0 radical (unpaired) electrons. The number of nitrogens with zero attached hydrogens (tertiary/aromatic N) is 1. The van der Waals surface area contributed by atoms with Gasteiger partial charge >= 0.3 is 0 Å². The Bertz CT molecular complexity index is 694. The standard InChI is InChI=1S/C16H18ClN3O2/c1-9-14(16(21)19-8-13(18)10-6-7-10)15(20-22-9)11-4-2-3-5-12(11)17/h2-5,10,13H,6-8,18H2,1H3,(H,19,21). The second kappa shape index (κ2) is 6.10. The number of rotatable bonds is 5. The van der Waals surface area contributed by atoms with Crippen molar-refractivity contribution in [2.24, 2.45) is 11.7 Å². The van der Waals surface area contributed by atoms with Crippen LogP contribution in [-0.2, 0) is 0 Å².